The maximum absolute atomic E-state index is 11.0. The minimum Gasteiger partial charge on any atom is -0.492 e. The Bertz CT molecular complexity index is 308. The molecule has 0 aliphatic carbocycles. The average molecular weight is 229 g/mol. The first-order valence-corrected chi connectivity index (χ1v) is 5.14. The van der Waals surface area contributed by atoms with Crippen molar-refractivity contribution in [2.24, 2.45) is 0 Å². The van der Waals surface area contributed by atoms with Crippen LogP contribution in [-0.4, -0.2) is 25.6 Å². The summed E-state index contributed by atoms with van der Waals surface area (Å²) in [5, 5.41) is 0. The first-order chi connectivity index (χ1) is 7.26. The third kappa shape index (κ3) is 4.21. The van der Waals surface area contributed by atoms with Gasteiger partial charge in [-0.15, -0.1) is 11.6 Å². The van der Waals surface area contributed by atoms with Crippen molar-refractivity contribution < 1.29 is 14.3 Å². The van der Waals surface area contributed by atoms with Crippen LogP contribution in [0.15, 0.2) is 24.3 Å². The number of rotatable bonds is 5. The van der Waals surface area contributed by atoms with E-state index in [1.165, 1.54) is 7.11 Å². The molecule has 0 aromatic heterocycles. The van der Waals surface area contributed by atoms with E-state index >= 15 is 0 Å². The van der Waals surface area contributed by atoms with E-state index in [0.717, 1.165) is 11.3 Å². The molecule has 0 atom stereocenters. The molecule has 0 bridgehead atoms. The van der Waals surface area contributed by atoms with Crippen LogP contribution < -0.4 is 4.74 Å². The first-order valence-electron chi connectivity index (χ1n) is 4.61. The molecule has 3 nitrogen and oxygen atoms in total. The molecular formula is C11H13ClO3. The number of benzene rings is 1. The van der Waals surface area contributed by atoms with Crippen molar-refractivity contribution in [2.45, 2.75) is 6.42 Å². The Morgan fingerprint density at radius 2 is 2.00 bits per heavy atom. The van der Waals surface area contributed by atoms with Crippen LogP contribution in [0, 0.1) is 0 Å². The molecule has 0 unspecified atom stereocenters. The molecule has 4 heteroatoms. The van der Waals surface area contributed by atoms with E-state index in [1.54, 1.807) is 0 Å². The summed E-state index contributed by atoms with van der Waals surface area (Å²) >= 11 is 5.48. The Hall–Kier alpha value is -1.22. The molecule has 1 aromatic carbocycles. The topological polar surface area (TPSA) is 35.5 Å². The molecule has 0 aliphatic rings. The van der Waals surface area contributed by atoms with Crippen molar-refractivity contribution in [3.63, 3.8) is 0 Å². The molecule has 0 saturated heterocycles. The predicted molar refractivity (Wildman–Crippen MR) is 58.4 cm³/mol. The normalized spacial score (nSPS) is 9.73. The van der Waals surface area contributed by atoms with E-state index in [4.69, 9.17) is 16.3 Å². The van der Waals surface area contributed by atoms with Crippen molar-refractivity contribution in [2.75, 3.05) is 19.6 Å². The fraction of sp³-hybridized carbons (Fsp3) is 0.364. The fourth-order valence-corrected chi connectivity index (χ4v) is 1.18. The third-order valence-electron chi connectivity index (χ3n) is 1.85. The van der Waals surface area contributed by atoms with Crippen molar-refractivity contribution in [1.82, 2.24) is 0 Å². The van der Waals surface area contributed by atoms with Gasteiger partial charge >= 0.3 is 5.97 Å². The number of esters is 1. The quantitative estimate of drug-likeness (QED) is 0.571. The monoisotopic (exact) mass is 228 g/mol. The van der Waals surface area contributed by atoms with E-state index in [1.807, 2.05) is 24.3 Å². The molecule has 82 valence electrons. The first kappa shape index (κ1) is 11.9. The van der Waals surface area contributed by atoms with Gasteiger partial charge in [0.05, 0.1) is 19.4 Å². The van der Waals surface area contributed by atoms with Crippen LogP contribution in [0.25, 0.3) is 0 Å². The minimum atomic E-state index is -0.246. The zero-order chi connectivity index (χ0) is 11.1. The zero-order valence-corrected chi connectivity index (χ0v) is 9.29. The summed E-state index contributed by atoms with van der Waals surface area (Å²) in [4.78, 5) is 11.0. The van der Waals surface area contributed by atoms with Gasteiger partial charge in [0, 0.05) is 0 Å². The van der Waals surface area contributed by atoms with Gasteiger partial charge in [-0.2, -0.15) is 0 Å². The Kier molecular flexibility index (Phi) is 4.98. The van der Waals surface area contributed by atoms with Crippen molar-refractivity contribution in [3.8, 4) is 5.75 Å². The summed E-state index contributed by atoms with van der Waals surface area (Å²) in [6.07, 6.45) is 0.284. The zero-order valence-electron chi connectivity index (χ0n) is 8.53. The third-order valence-corrected chi connectivity index (χ3v) is 2.00. The molecule has 0 fully saturated rings. The highest BCUT2D eigenvalue weighted by Crippen LogP contribution is 2.12. The van der Waals surface area contributed by atoms with Crippen LogP contribution >= 0.6 is 11.6 Å². The van der Waals surface area contributed by atoms with Crippen molar-refractivity contribution in [3.05, 3.63) is 29.8 Å². The Morgan fingerprint density at radius 3 is 2.53 bits per heavy atom. The second-order valence-electron chi connectivity index (χ2n) is 2.93. The van der Waals surface area contributed by atoms with Gasteiger partial charge in [-0.25, -0.2) is 0 Å². The lowest BCUT2D eigenvalue weighted by molar-refractivity contribution is -0.139. The maximum Gasteiger partial charge on any atom is 0.309 e. The number of hydrogen-bond acceptors (Lipinski definition) is 3. The van der Waals surface area contributed by atoms with Gasteiger partial charge in [0.2, 0.25) is 0 Å². The van der Waals surface area contributed by atoms with E-state index in [0.29, 0.717) is 12.5 Å². The highest BCUT2D eigenvalue weighted by atomic mass is 35.5. The summed E-state index contributed by atoms with van der Waals surface area (Å²) < 4.78 is 9.85. The number of carbonyl (C=O) groups excluding carboxylic acids is 1. The molecule has 15 heavy (non-hydrogen) atoms. The molecule has 0 heterocycles. The summed E-state index contributed by atoms with van der Waals surface area (Å²) in [5.41, 5.74) is 0.903. The predicted octanol–water partition coefficient (Wildman–Crippen LogP) is 2.02. The van der Waals surface area contributed by atoms with Crippen LogP contribution in [0.3, 0.4) is 0 Å². The lowest BCUT2D eigenvalue weighted by Crippen LogP contribution is -2.04. The standard InChI is InChI=1S/C11H13ClO3/c1-14-11(13)8-9-2-4-10(5-3-9)15-7-6-12/h2-5H,6-8H2,1H3. The number of ether oxygens (including phenoxy) is 2. The highest BCUT2D eigenvalue weighted by Gasteiger charge is 2.02. The van der Waals surface area contributed by atoms with E-state index in [2.05, 4.69) is 4.74 Å². The molecule has 1 rings (SSSR count). The molecule has 1 aromatic rings. The summed E-state index contributed by atoms with van der Waals surface area (Å²) in [6, 6.07) is 7.29. The van der Waals surface area contributed by atoms with E-state index in [-0.39, 0.29) is 12.4 Å². The summed E-state index contributed by atoms with van der Waals surface area (Å²) in [6.45, 7) is 0.484. The SMILES string of the molecule is COC(=O)Cc1ccc(OCCCl)cc1. The fourth-order valence-electron chi connectivity index (χ4n) is 1.10. The molecule has 0 amide bonds. The van der Waals surface area contributed by atoms with Gasteiger partial charge < -0.3 is 9.47 Å². The lowest BCUT2D eigenvalue weighted by atomic mass is 10.1. The molecule has 0 saturated carbocycles. The van der Waals surface area contributed by atoms with Gasteiger partial charge in [0.1, 0.15) is 12.4 Å². The Labute approximate surface area is 93.9 Å². The van der Waals surface area contributed by atoms with Crippen LogP contribution in [0.4, 0.5) is 0 Å². The molecular weight excluding hydrogens is 216 g/mol. The highest BCUT2D eigenvalue weighted by molar-refractivity contribution is 6.18. The van der Waals surface area contributed by atoms with Crippen LogP contribution in [0.1, 0.15) is 5.56 Å². The molecule has 0 spiro atoms. The van der Waals surface area contributed by atoms with Crippen LogP contribution in [-0.2, 0) is 16.0 Å². The number of methoxy groups -OCH3 is 1. The van der Waals surface area contributed by atoms with Crippen molar-refractivity contribution >= 4 is 17.6 Å². The number of carbonyl (C=O) groups is 1. The Balaban J connectivity index is 2.52. The van der Waals surface area contributed by atoms with Gasteiger partial charge in [0.15, 0.2) is 0 Å². The summed E-state index contributed by atoms with van der Waals surface area (Å²) in [7, 11) is 1.38. The van der Waals surface area contributed by atoms with E-state index in [9.17, 15) is 4.79 Å². The minimum absolute atomic E-state index is 0.246. The average Bonchev–Trinajstić information content (AvgIpc) is 2.28. The van der Waals surface area contributed by atoms with Gasteiger partial charge in [-0.3, -0.25) is 4.79 Å². The van der Waals surface area contributed by atoms with Gasteiger partial charge in [-0.05, 0) is 17.7 Å². The molecule has 0 aliphatic heterocycles. The van der Waals surface area contributed by atoms with Crippen LogP contribution in [0.5, 0.6) is 5.75 Å². The number of hydrogen-bond donors (Lipinski definition) is 0. The second-order valence-corrected chi connectivity index (χ2v) is 3.31. The lowest BCUT2D eigenvalue weighted by Gasteiger charge is -2.04. The number of alkyl halides is 1. The van der Waals surface area contributed by atoms with Gasteiger partial charge in [-0.1, -0.05) is 12.1 Å². The molecule has 0 N–H and O–H groups in total. The number of halogens is 1. The summed E-state index contributed by atoms with van der Waals surface area (Å²) in [5.74, 6) is 0.970. The smallest absolute Gasteiger partial charge is 0.309 e. The van der Waals surface area contributed by atoms with Crippen molar-refractivity contribution in [1.29, 1.82) is 0 Å². The van der Waals surface area contributed by atoms with Crippen LogP contribution in [0.2, 0.25) is 0 Å². The van der Waals surface area contributed by atoms with E-state index < -0.39 is 0 Å². The second kappa shape index (κ2) is 6.30. The largest absolute Gasteiger partial charge is 0.492 e. The van der Waals surface area contributed by atoms with Gasteiger partial charge in [0.25, 0.3) is 0 Å². The Morgan fingerprint density at radius 1 is 1.33 bits per heavy atom. The maximum atomic E-state index is 11.0. The molecule has 0 radical (unpaired) electrons.